The third-order valence-electron chi connectivity index (χ3n) is 7.96. The molecule has 0 fully saturated rings. The van der Waals surface area contributed by atoms with Gasteiger partial charge in [0.25, 0.3) is 0 Å². The van der Waals surface area contributed by atoms with Gasteiger partial charge in [-0.1, -0.05) is 109 Å². The summed E-state index contributed by atoms with van der Waals surface area (Å²) in [5.41, 5.74) is 3.00. The maximum atomic E-state index is 12.6. The molecule has 2 unspecified atom stereocenters. The Labute approximate surface area is 238 Å². The lowest BCUT2D eigenvalue weighted by atomic mass is 9.91. The molecule has 0 aliphatic carbocycles. The minimum absolute atomic E-state index is 0.206. The zero-order valence-corrected chi connectivity index (χ0v) is 26.1. The van der Waals surface area contributed by atoms with E-state index in [1.165, 1.54) is 56.9 Å². The number of benzene rings is 2. The molecule has 39 heavy (non-hydrogen) atoms. The average molecular weight is 538 g/mol. The van der Waals surface area contributed by atoms with Crippen molar-refractivity contribution in [2.24, 2.45) is 17.8 Å². The second-order valence-electron chi connectivity index (χ2n) is 12.7. The number of hydrogen-bond acceptors (Lipinski definition) is 4. The lowest BCUT2D eigenvalue weighted by molar-refractivity contribution is -0.135. The number of fused-ring (bicyclic) bond motifs is 1. The number of carbonyl (C=O) groups excluding carboxylic acids is 1. The summed E-state index contributed by atoms with van der Waals surface area (Å²) in [6, 6.07) is 7.60. The van der Waals surface area contributed by atoms with Gasteiger partial charge in [-0.2, -0.15) is 0 Å². The number of aromatic hydroxyl groups is 1. The molecule has 4 nitrogen and oxygen atoms in total. The number of esters is 1. The topological polar surface area (TPSA) is 49.8 Å². The van der Waals surface area contributed by atoms with Crippen LogP contribution < -0.4 is 4.74 Å². The molecule has 218 valence electrons. The number of rotatable bonds is 17. The molecular weight excluding hydrogens is 482 g/mol. The lowest BCUT2D eigenvalue weighted by Crippen LogP contribution is -2.26. The molecular formula is C35H55NO3. The Morgan fingerprint density at radius 2 is 1.49 bits per heavy atom. The van der Waals surface area contributed by atoms with Crippen LogP contribution in [0.5, 0.6) is 11.5 Å². The van der Waals surface area contributed by atoms with Crippen molar-refractivity contribution in [3.05, 3.63) is 47.0 Å². The van der Waals surface area contributed by atoms with Gasteiger partial charge in [0, 0.05) is 16.3 Å². The monoisotopic (exact) mass is 537 g/mol. The highest BCUT2D eigenvalue weighted by atomic mass is 16.5. The fraction of sp³-hybridized carbons (Fsp3) is 0.629. The first kappa shape index (κ1) is 32.9. The molecule has 0 aromatic heterocycles. The Hall–Kier alpha value is -2.33. The van der Waals surface area contributed by atoms with Gasteiger partial charge in [0.1, 0.15) is 11.5 Å². The van der Waals surface area contributed by atoms with Gasteiger partial charge < -0.3 is 9.84 Å². The van der Waals surface area contributed by atoms with Crippen molar-refractivity contribution < 1.29 is 14.6 Å². The van der Waals surface area contributed by atoms with Crippen molar-refractivity contribution >= 4 is 16.7 Å². The highest BCUT2D eigenvalue weighted by Gasteiger charge is 2.19. The Morgan fingerprint density at radius 3 is 2.08 bits per heavy atom. The highest BCUT2D eigenvalue weighted by molar-refractivity contribution is 5.97. The number of nitrogens with zero attached hydrogens (tertiary/aromatic N) is 1. The van der Waals surface area contributed by atoms with E-state index in [9.17, 15) is 9.90 Å². The third-order valence-corrected chi connectivity index (χ3v) is 7.96. The van der Waals surface area contributed by atoms with Crippen molar-refractivity contribution in [3.8, 4) is 11.5 Å². The van der Waals surface area contributed by atoms with E-state index >= 15 is 0 Å². The van der Waals surface area contributed by atoms with Crippen LogP contribution in [-0.4, -0.2) is 36.6 Å². The quantitative estimate of drug-likeness (QED) is 0.124. The molecule has 2 aromatic carbocycles. The smallest absolute Gasteiger partial charge is 0.325 e. The summed E-state index contributed by atoms with van der Waals surface area (Å²) in [5, 5.41) is 12.4. The van der Waals surface area contributed by atoms with Gasteiger partial charge >= 0.3 is 5.97 Å². The second kappa shape index (κ2) is 16.7. The zero-order chi connectivity index (χ0) is 28.9. The predicted octanol–water partition coefficient (Wildman–Crippen LogP) is 9.25. The molecule has 0 bridgehead atoms. The van der Waals surface area contributed by atoms with Crippen LogP contribution in [0.3, 0.4) is 0 Å². The van der Waals surface area contributed by atoms with Gasteiger partial charge in [-0.15, -0.1) is 0 Å². The van der Waals surface area contributed by atoms with Crippen LogP contribution in [0.2, 0.25) is 0 Å². The molecule has 0 aliphatic rings. The number of ether oxygens (including phenoxy) is 1. The summed E-state index contributed by atoms with van der Waals surface area (Å²) < 4.78 is 5.92. The van der Waals surface area contributed by atoms with Gasteiger partial charge in [0.05, 0.1) is 6.54 Å². The van der Waals surface area contributed by atoms with Crippen LogP contribution in [0.4, 0.5) is 0 Å². The van der Waals surface area contributed by atoms with Crippen molar-refractivity contribution in [1.82, 2.24) is 4.90 Å². The first-order chi connectivity index (χ1) is 18.5. The summed E-state index contributed by atoms with van der Waals surface area (Å²) in [6.07, 6.45) is 14.5. The number of likely N-dealkylation sites (N-methyl/N-ethyl adjacent to an activating group) is 1. The van der Waals surface area contributed by atoms with Crippen LogP contribution in [0.25, 0.3) is 10.8 Å². The Balaban J connectivity index is 1.94. The van der Waals surface area contributed by atoms with Crippen molar-refractivity contribution in [2.45, 2.75) is 106 Å². The molecule has 2 aromatic rings. The summed E-state index contributed by atoms with van der Waals surface area (Å²) in [7, 11) is 3.70. The van der Waals surface area contributed by atoms with E-state index in [-0.39, 0.29) is 18.3 Å². The number of allylic oxidation sites excluding steroid dienone is 2. The number of phenols is 1. The fourth-order valence-corrected chi connectivity index (χ4v) is 5.42. The Morgan fingerprint density at radius 1 is 0.923 bits per heavy atom. The molecule has 0 heterocycles. The van der Waals surface area contributed by atoms with E-state index < -0.39 is 0 Å². The second-order valence-corrected chi connectivity index (χ2v) is 12.7. The average Bonchev–Trinajstić information content (AvgIpc) is 2.86. The van der Waals surface area contributed by atoms with Crippen LogP contribution in [0.1, 0.15) is 104 Å². The van der Waals surface area contributed by atoms with E-state index in [1.807, 2.05) is 45.3 Å². The summed E-state index contributed by atoms with van der Waals surface area (Å²) in [5.74, 6) is 2.99. The van der Waals surface area contributed by atoms with Gasteiger partial charge in [-0.05, 0) is 70.5 Å². The number of carbonyl (C=O) groups is 1. The van der Waals surface area contributed by atoms with E-state index in [0.29, 0.717) is 17.6 Å². The largest absolute Gasteiger partial charge is 0.507 e. The highest BCUT2D eigenvalue weighted by Crippen LogP contribution is 2.40. The Bertz CT molecular complexity index is 1070. The molecule has 0 saturated heterocycles. The standard InChI is InChI=1S/C35H55NO3/c1-25(2)14-11-15-26(3)16-12-17-27(4)18-13-19-28(5)22-23-30-29(6)34(38)31-20-9-10-21-32(31)35(30)39-33(37)24-36(7)8/h9-10,20-22,25-27,38H,11-19,23-24H2,1-8H3/b28-22+. The number of hydrogen-bond donors (Lipinski definition) is 1. The molecule has 0 radical (unpaired) electrons. The van der Waals surface area contributed by atoms with Gasteiger partial charge in [-0.25, -0.2) is 0 Å². The maximum absolute atomic E-state index is 12.6. The molecule has 4 heteroatoms. The molecule has 0 amide bonds. The Kier molecular flexibility index (Phi) is 14.1. The van der Waals surface area contributed by atoms with Gasteiger partial charge in [0.2, 0.25) is 0 Å². The van der Waals surface area contributed by atoms with Crippen molar-refractivity contribution in [3.63, 3.8) is 0 Å². The first-order valence-corrected chi connectivity index (χ1v) is 15.2. The van der Waals surface area contributed by atoms with Crippen LogP contribution in [0, 0.1) is 24.7 Å². The van der Waals surface area contributed by atoms with Crippen LogP contribution >= 0.6 is 0 Å². The lowest BCUT2D eigenvalue weighted by Gasteiger charge is -2.18. The fourth-order valence-electron chi connectivity index (χ4n) is 5.42. The first-order valence-electron chi connectivity index (χ1n) is 15.2. The summed E-state index contributed by atoms with van der Waals surface area (Å²) in [4.78, 5) is 14.4. The van der Waals surface area contributed by atoms with Crippen LogP contribution in [-0.2, 0) is 11.2 Å². The normalized spacial score (nSPS) is 13.8. The minimum Gasteiger partial charge on any atom is -0.507 e. The summed E-state index contributed by atoms with van der Waals surface area (Å²) >= 11 is 0. The molecule has 2 rings (SSSR count). The SMILES string of the molecule is C/C(=C\Cc1c(C)c(O)c2ccccc2c1OC(=O)CN(C)C)CCCC(C)CCCC(C)CCCC(C)C. The van der Waals surface area contributed by atoms with Crippen LogP contribution in [0.15, 0.2) is 35.9 Å². The van der Waals surface area contributed by atoms with Gasteiger partial charge in [-0.3, -0.25) is 9.69 Å². The number of phenolic OH excluding ortho intramolecular Hbond substituents is 1. The van der Waals surface area contributed by atoms with E-state index in [1.54, 1.807) is 4.90 Å². The summed E-state index contributed by atoms with van der Waals surface area (Å²) in [6.45, 7) is 13.8. The molecule has 2 atom stereocenters. The molecule has 0 saturated carbocycles. The molecule has 0 spiro atoms. The minimum atomic E-state index is -0.295. The molecule has 0 aliphatic heterocycles. The zero-order valence-electron chi connectivity index (χ0n) is 26.1. The maximum Gasteiger partial charge on any atom is 0.325 e. The van der Waals surface area contributed by atoms with E-state index in [2.05, 4.69) is 40.7 Å². The van der Waals surface area contributed by atoms with Gasteiger partial charge in [0.15, 0.2) is 0 Å². The van der Waals surface area contributed by atoms with Crippen molar-refractivity contribution in [2.75, 3.05) is 20.6 Å². The molecule has 1 N–H and O–H groups in total. The van der Waals surface area contributed by atoms with Crippen molar-refractivity contribution in [1.29, 1.82) is 0 Å². The predicted molar refractivity (Wildman–Crippen MR) is 167 cm³/mol. The third kappa shape index (κ3) is 11.4. The van der Waals surface area contributed by atoms with E-state index in [4.69, 9.17) is 4.74 Å². The van der Waals surface area contributed by atoms with E-state index in [0.717, 1.165) is 40.7 Å².